The van der Waals surface area contributed by atoms with Gasteiger partial charge in [-0.15, -0.1) is 0 Å². The zero-order valence-corrected chi connectivity index (χ0v) is 11.7. The summed E-state index contributed by atoms with van der Waals surface area (Å²) in [6.45, 7) is 2.62. The Morgan fingerprint density at radius 3 is 2.63 bits per heavy atom. The number of anilines is 2. The molecule has 0 bridgehead atoms. The third kappa shape index (κ3) is 2.88. The summed E-state index contributed by atoms with van der Waals surface area (Å²) >= 11 is 0. The topological polar surface area (TPSA) is 38.5 Å². The van der Waals surface area contributed by atoms with Gasteiger partial charge in [-0.2, -0.15) is 0 Å². The minimum absolute atomic E-state index is 0.548. The number of rotatable bonds is 4. The highest BCUT2D eigenvalue weighted by Gasteiger charge is 2.10. The van der Waals surface area contributed by atoms with Gasteiger partial charge >= 0.3 is 0 Å². The van der Waals surface area contributed by atoms with E-state index in [1.54, 1.807) is 7.11 Å². The molecule has 0 amide bonds. The number of nitrogens with zero attached hydrogens (tertiary/aromatic N) is 1. The van der Waals surface area contributed by atoms with Crippen molar-refractivity contribution < 1.29 is 4.74 Å². The second-order valence-electron chi connectivity index (χ2n) is 4.61. The van der Waals surface area contributed by atoms with Crippen LogP contribution < -0.4 is 15.4 Å². The maximum Gasteiger partial charge on any atom is 0.142 e. The molecule has 0 spiro atoms. The molecule has 0 aromatic heterocycles. The van der Waals surface area contributed by atoms with E-state index in [1.165, 1.54) is 5.56 Å². The Morgan fingerprint density at radius 2 is 1.95 bits per heavy atom. The van der Waals surface area contributed by atoms with Crippen LogP contribution in [0.5, 0.6) is 5.75 Å². The summed E-state index contributed by atoms with van der Waals surface area (Å²) in [6, 6.07) is 14.4. The first-order valence-corrected chi connectivity index (χ1v) is 6.33. The summed E-state index contributed by atoms with van der Waals surface area (Å²) in [5.41, 5.74) is 10.2. The normalized spacial score (nSPS) is 10.3. The van der Waals surface area contributed by atoms with Crippen LogP contribution in [-0.4, -0.2) is 14.2 Å². The number of ether oxygens (including phenoxy) is 1. The number of hydrogen-bond acceptors (Lipinski definition) is 3. The van der Waals surface area contributed by atoms with Gasteiger partial charge in [-0.3, -0.25) is 0 Å². The SMILES string of the molecule is COc1ccc(C)cc1N(C)c1cccc(CN)c1. The first-order valence-electron chi connectivity index (χ1n) is 6.33. The number of aryl methyl sites for hydroxylation is 1. The van der Waals surface area contributed by atoms with Crippen LogP contribution in [0.15, 0.2) is 42.5 Å². The van der Waals surface area contributed by atoms with Gasteiger partial charge in [0.25, 0.3) is 0 Å². The van der Waals surface area contributed by atoms with Crippen molar-refractivity contribution in [2.45, 2.75) is 13.5 Å². The lowest BCUT2D eigenvalue weighted by Crippen LogP contribution is -2.11. The standard InChI is InChI=1S/C16H20N2O/c1-12-7-8-16(19-3)15(9-12)18(2)14-6-4-5-13(10-14)11-17/h4-10H,11,17H2,1-3H3. The Kier molecular flexibility index (Phi) is 4.07. The van der Waals surface area contributed by atoms with E-state index in [4.69, 9.17) is 10.5 Å². The zero-order valence-electron chi connectivity index (χ0n) is 11.7. The van der Waals surface area contributed by atoms with Gasteiger partial charge in [0.05, 0.1) is 12.8 Å². The Hall–Kier alpha value is -2.00. The van der Waals surface area contributed by atoms with Gasteiger partial charge in [-0.05, 0) is 42.3 Å². The molecule has 0 saturated heterocycles. The summed E-state index contributed by atoms with van der Waals surface area (Å²) < 4.78 is 5.43. The van der Waals surface area contributed by atoms with Gasteiger partial charge < -0.3 is 15.4 Å². The minimum atomic E-state index is 0.548. The molecule has 0 heterocycles. The molecule has 3 nitrogen and oxygen atoms in total. The Bertz CT molecular complexity index is 566. The molecular weight excluding hydrogens is 236 g/mol. The molecule has 0 aliphatic carbocycles. The Morgan fingerprint density at radius 1 is 1.16 bits per heavy atom. The highest BCUT2D eigenvalue weighted by molar-refractivity contribution is 5.69. The van der Waals surface area contributed by atoms with Crippen LogP contribution in [0.3, 0.4) is 0 Å². The van der Waals surface area contributed by atoms with Crippen molar-refractivity contribution in [2.75, 3.05) is 19.1 Å². The molecule has 2 aromatic rings. The minimum Gasteiger partial charge on any atom is -0.495 e. The van der Waals surface area contributed by atoms with Gasteiger partial charge in [0.15, 0.2) is 0 Å². The van der Waals surface area contributed by atoms with E-state index in [1.807, 2.05) is 31.3 Å². The second-order valence-corrected chi connectivity index (χ2v) is 4.61. The molecule has 19 heavy (non-hydrogen) atoms. The van der Waals surface area contributed by atoms with Gasteiger partial charge in [0, 0.05) is 19.3 Å². The predicted octanol–water partition coefficient (Wildman–Crippen LogP) is 3.23. The molecule has 0 aliphatic rings. The Balaban J connectivity index is 2.42. The Labute approximate surface area is 114 Å². The molecule has 0 radical (unpaired) electrons. The van der Waals surface area contributed by atoms with Crippen LogP contribution >= 0.6 is 0 Å². The molecule has 0 unspecified atom stereocenters. The molecule has 0 fully saturated rings. The summed E-state index contributed by atoms with van der Waals surface area (Å²) in [6.07, 6.45) is 0. The van der Waals surface area contributed by atoms with Crippen molar-refractivity contribution in [3.05, 3.63) is 53.6 Å². The lowest BCUT2D eigenvalue weighted by atomic mass is 10.1. The fraction of sp³-hybridized carbons (Fsp3) is 0.250. The zero-order chi connectivity index (χ0) is 13.8. The lowest BCUT2D eigenvalue weighted by molar-refractivity contribution is 0.415. The largest absolute Gasteiger partial charge is 0.495 e. The van der Waals surface area contributed by atoms with Gasteiger partial charge in [0.2, 0.25) is 0 Å². The number of nitrogens with two attached hydrogens (primary N) is 1. The predicted molar refractivity (Wildman–Crippen MR) is 80.1 cm³/mol. The van der Waals surface area contributed by atoms with E-state index in [2.05, 4.69) is 30.0 Å². The van der Waals surface area contributed by atoms with Crippen molar-refractivity contribution in [3.63, 3.8) is 0 Å². The van der Waals surface area contributed by atoms with Crippen molar-refractivity contribution in [2.24, 2.45) is 5.73 Å². The monoisotopic (exact) mass is 256 g/mol. The maximum absolute atomic E-state index is 5.69. The van der Waals surface area contributed by atoms with Crippen LogP contribution in [0.2, 0.25) is 0 Å². The first kappa shape index (κ1) is 13.4. The molecular formula is C16H20N2O. The number of hydrogen-bond donors (Lipinski definition) is 1. The van der Waals surface area contributed by atoms with Crippen molar-refractivity contribution in [1.29, 1.82) is 0 Å². The highest BCUT2D eigenvalue weighted by atomic mass is 16.5. The van der Waals surface area contributed by atoms with Gasteiger partial charge in [-0.25, -0.2) is 0 Å². The molecule has 2 N–H and O–H groups in total. The molecule has 0 saturated carbocycles. The van der Waals surface area contributed by atoms with E-state index in [-0.39, 0.29) is 0 Å². The van der Waals surface area contributed by atoms with Crippen LogP contribution in [0.1, 0.15) is 11.1 Å². The molecule has 2 rings (SSSR count). The summed E-state index contributed by atoms with van der Waals surface area (Å²) in [5, 5.41) is 0. The average Bonchev–Trinajstić information content (AvgIpc) is 2.46. The summed E-state index contributed by atoms with van der Waals surface area (Å²) in [5.74, 6) is 0.867. The molecule has 0 atom stereocenters. The molecule has 2 aromatic carbocycles. The van der Waals surface area contributed by atoms with Crippen LogP contribution in [0, 0.1) is 6.92 Å². The van der Waals surface area contributed by atoms with Gasteiger partial charge in [-0.1, -0.05) is 18.2 Å². The third-order valence-corrected chi connectivity index (χ3v) is 3.23. The first-order chi connectivity index (χ1) is 9.15. The van der Waals surface area contributed by atoms with Gasteiger partial charge in [0.1, 0.15) is 5.75 Å². The summed E-state index contributed by atoms with van der Waals surface area (Å²) in [4.78, 5) is 2.12. The van der Waals surface area contributed by atoms with E-state index < -0.39 is 0 Å². The average molecular weight is 256 g/mol. The quantitative estimate of drug-likeness (QED) is 0.912. The van der Waals surface area contributed by atoms with E-state index in [9.17, 15) is 0 Å². The molecule has 3 heteroatoms. The maximum atomic E-state index is 5.69. The molecule has 0 aliphatic heterocycles. The van der Waals surface area contributed by atoms with Crippen molar-refractivity contribution in [3.8, 4) is 5.75 Å². The fourth-order valence-corrected chi connectivity index (χ4v) is 2.09. The van der Waals surface area contributed by atoms with E-state index in [0.29, 0.717) is 6.54 Å². The third-order valence-electron chi connectivity index (χ3n) is 3.23. The second kappa shape index (κ2) is 5.76. The number of benzene rings is 2. The van der Waals surface area contributed by atoms with Crippen LogP contribution in [-0.2, 0) is 6.54 Å². The van der Waals surface area contributed by atoms with Crippen molar-refractivity contribution >= 4 is 11.4 Å². The van der Waals surface area contributed by atoms with Crippen LogP contribution in [0.25, 0.3) is 0 Å². The van der Waals surface area contributed by atoms with E-state index >= 15 is 0 Å². The fourth-order valence-electron chi connectivity index (χ4n) is 2.09. The molecule has 100 valence electrons. The van der Waals surface area contributed by atoms with E-state index in [0.717, 1.165) is 22.7 Å². The van der Waals surface area contributed by atoms with Crippen LogP contribution in [0.4, 0.5) is 11.4 Å². The summed E-state index contributed by atoms with van der Waals surface area (Å²) in [7, 11) is 3.73. The lowest BCUT2D eigenvalue weighted by Gasteiger charge is -2.23. The highest BCUT2D eigenvalue weighted by Crippen LogP contribution is 2.33. The smallest absolute Gasteiger partial charge is 0.142 e. The van der Waals surface area contributed by atoms with Crippen molar-refractivity contribution in [1.82, 2.24) is 0 Å². The number of methoxy groups -OCH3 is 1.